The van der Waals surface area contributed by atoms with Gasteiger partial charge in [0, 0.05) is 19.5 Å². The van der Waals surface area contributed by atoms with Crippen LogP contribution in [0.1, 0.15) is 80.1 Å². The second-order valence-corrected chi connectivity index (χ2v) is 8.79. The van der Waals surface area contributed by atoms with Crippen molar-refractivity contribution in [3.63, 3.8) is 0 Å². The van der Waals surface area contributed by atoms with Gasteiger partial charge in [0.15, 0.2) is 0 Å². The first kappa shape index (κ1) is 17.5. The second kappa shape index (κ2) is 6.95. The number of amides is 1. The van der Waals surface area contributed by atoms with E-state index in [-0.39, 0.29) is 0 Å². The molecule has 2 heteroatoms. The zero-order valence-electron chi connectivity index (χ0n) is 14.6. The maximum absolute atomic E-state index is 12.2. The van der Waals surface area contributed by atoms with Crippen LogP contribution in [-0.2, 0) is 4.79 Å². The zero-order valence-corrected chi connectivity index (χ0v) is 14.6. The minimum absolute atomic E-state index is 0.381. The van der Waals surface area contributed by atoms with Crippen molar-refractivity contribution in [1.29, 1.82) is 0 Å². The van der Waals surface area contributed by atoms with Crippen LogP contribution in [-0.4, -0.2) is 23.9 Å². The van der Waals surface area contributed by atoms with Crippen molar-refractivity contribution < 1.29 is 4.79 Å². The van der Waals surface area contributed by atoms with E-state index in [0.29, 0.717) is 16.7 Å². The van der Waals surface area contributed by atoms with Gasteiger partial charge in [0.25, 0.3) is 0 Å². The largest absolute Gasteiger partial charge is 0.343 e. The van der Waals surface area contributed by atoms with Gasteiger partial charge in [0.1, 0.15) is 0 Å². The van der Waals surface area contributed by atoms with Gasteiger partial charge in [0.2, 0.25) is 5.91 Å². The molecule has 0 radical (unpaired) electrons. The molecule has 1 aliphatic heterocycles. The van der Waals surface area contributed by atoms with Crippen molar-refractivity contribution in [1.82, 2.24) is 4.90 Å². The Morgan fingerprint density at radius 3 is 2.00 bits per heavy atom. The van der Waals surface area contributed by atoms with Gasteiger partial charge in [-0.3, -0.25) is 4.79 Å². The van der Waals surface area contributed by atoms with Gasteiger partial charge in [0.05, 0.1) is 0 Å². The average molecular weight is 281 g/mol. The zero-order chi connectivity index (χ0) is 15.4. The normalized spacial score (nSPS) is 18.4. The molecular formula is C18H35NO. The summed E-state index contributed by atoms with van der Waals surface area (Å²) in [4.78, 5) is 14.3. The van der Waals surface area contributed by atoms with Gasteiger partial charge in [-0.1, -0.05) is 48.0 Å². The number of hydrogen-bond donors (Lipinski definition) is 0. The van der Waals surface area contributed by atoms with Crippen molar-refractivity contribution in [3.05, 3.63) is 0 Å². The van der Waals surface area contributed by atoms with E-state index in [4.69, 9.17) is 0 Å². The van der Waals surface area contributed by atoms with E-state index in [9.17, 15) is 4.79 Å². The first-order valence-electron chi connectivity index (χ1n) is 8.37. The minimum atomic E-state index is 0.381. The highest BCUT2D eigenvalue weighted by atomic mass is 16.2. The van der Waals surface area contributed by atoms with Crippen LogP contribution in [0.4, 0.5) is 0 Å². The molecule has 1 fully saturated rings. The predicted octanol–water partition coefficient (Wildman–Crippen LogP) is 4.88. The summed E-state index contributed by atoms with van der Waals surface area (Å²) in [6.07, 6.45) is 6.54. The molecule has 1 rings (SSSR count). The number of carbonyl (C=O) groups is 1. The molecule has 0 spiro atoms. The maximum atomic E-state index is 12.2. The number of carbonyl (C=O) groups excluding carboxylic acids is 1. The molecule has 0 N–H and O–H groups in total. The summed E-state index contributed by atoms with van der Waals surface area (Å²) in [5, 5.41) is 0. The SMILES string of the molecule is CC(C)(C)CCCCC(=O)N1CCC(C(C)(C)C)CC1. The Bertz CT molecular complexity index is 300. The summed E-state index contributed by atoms with van der Waals surface area (Å²) >= 11 is 0. The summed E-state index contributed by atoms with van der Waals surface area (Å²) in [6.45, 7) is 15.7. The summed E-state index contributed by atoms with van der Waals surface area (Å²) < 4.78 is 0. The van der Waals surface area contributed by atoms with Crippen molar-refractivity contribution in [2.45, 2.75) is 80.1 Å². The molecule has 0 aromatic rings. The lowest BCUT2D eigenvalue weighted by Crippen LogP contribution is -2.41. The molecule has 1 heterocycles. The van der Waals surface area contributed by atoms with Crippen LogP contribution < -0.4 is 0 Å². The summed E-state index contributed by atoms with van der Waals surface area (Å²) in [5.41, 5.74) is 0.788. The van der Waals surface area contributed by atoms with Gasteiger partial charge in [-0.15, -0.1) is 0 Å². The van der Waals surface area contributed by atoms with E-state index in [1.165, 1.54) is 25.7 Å². The standard InChI is InChI=1S/C18H35NO/c1-17(2,3)12-8-7-9-16(20)19-13-10-15(11-14-19)18(4,5)6/h15H,7-14H2,1-6H3. The Morgan fingerprint density at radius 2 is 1.55 bits per heavy atom. The maximum Gasteiger partial charge on any atom is 0.222 e. The molecule has 0 atom stereocenters. The Labute approximate surface area is 126 Å². The minimum Gasteiger partial charge on any atom is -0.343 e. The fraction of sp³-hybridized carbons (Fsp3) is 0.944. The molecule has 0 aromatic heterocycles. The third kappa shape index (κ3) is 6.28. The number of unbranched alkanes of at least 4 members (excludes halogenated alkanes) is 1. The molecule has 1 aliphatic rings. The van der Waals surface area contributed by atoms with Crippen LogP contribution >= 0.6 is 0 Å². The van der Waals surface area contributed by atoms with E-state index in [0.717, 1.165) is 31.8 Å². The lowest BCUT2D eigenvalue weighted by atomic mass is 9.75. The van der Waals surface area contributed by atoms with Crippen molar-refractivity contribution >= 4 is 5.91 Å². The molecule has 0 aromatic carbocycles. The molecule has 118 valence electrons. The number of nitrogens with zero attached hydrogens (tertiary/aromatic N) is 1. The predicted molar refractivity (Wildman–Crippen MR) is 86.7 cm³/mol. The van der Waals surface area contributed by atoms with Gasteiger partial charge < -0.3 is 4.90 Å². The van der Waals surface area contributed by atoms with Gasteiger partial charge >= 0.3 is 0 Å². The highest BCUT2D eigenvalue weighted by Gasteiger charge is 2.30. The molecule has 2 nitrogen and oxygen atoms in total. The molecular weight excluding hydrogens is 246 g/mol. The van der Waals surface area contributed by atoms with E-state index in [2.05, 4.69) is 46.4 Å². The number of rotatable bonds is 4. The fourth-order valence-corrected chi connectivity index (χ4v) is 3.08. The average Bonchev–Trinajstić information content (AvgIpc) is 2.32. The molecule has 0 aliphatic carbocycles. The smallest absolute Gasteiger partial charge is 0.222 e. The van der Waals surface area contributed by atoms with Crippen molar-refractivity contribution in [2.24, 2.45) is 16.7 Å². The molecule has 1 saturated heterocycles. The Hall–Kier alpha value is -0.530. The van der Waals surface area contributed by atoms with Crippen molar-refractivity contribution in [3.8, 4) is 0 Å². The van der Waals surface area contributed by atoms with Crippen LogP contribution in [0.2, 0.25) is 0 Å². The first-order chi connectivity index (χ1) is 9.09. The highest BCUT2D eigenvalue weighted by Crippen LogP contribution is 2.34. The lowest BCUT2D eigenvalue weighted by Gasteiger charge is -2.38. The fourth-order valence-electron chi connectivity index (χ4n) is 3.08. The molecule has 0 unspecified atom stereocenters. The van der Waals surface area contributed by atoms with E-state index >= 15 is 0 Å². The van der Waals surface area contributed by atoms with Crippen LogP contribution in [0, 0.1) is 16.7 Å². The molecule has 20 heavy (non-hydrogen) atoms. The monoisotopic (exact) mass is 281 g/mol. The second-order valence-electron chi connectivity index (χ2n) is 8.79. The third-order valence-electron chi connectivity index (χ3n) is 4.64. The van der Waals surface area contributed by atoms with Gasteiger partial charge in [-0.2, -0.15) is 0 Å². The summed E-state index contributed by atoms with van der Waals surface area (Å²) in [5.74, 6) is 1.15. The highest BCUT2D eigenvalue weighted by molar-refractivity contribution is 5.76. The summed E-state index contributed by atoms with van der Waals surface area (Å²) in [7, 11) is 0. The molecule has 1 amide bonds. The molecule has 0 saturated carbocycles. The van der Waals surface area contributed by atoms with Gasteiger partial charge in [-0.05, 0) is 42.4 Å². The Kier molecular flexibility index (Phi) is 6.09. The van der Waals surface area contributed by atoms with Crippen LogP contribution in [0.5, 0.6) is 0 Å². The first-order valence-corrected chi connectivity index (χ1v) is 8.37. The Balaban J connectivity index is 2.23. The third-order valence-corrected chi connectivity index (χ3v) is 4.64. The van der Waals surface area contributed by atoms with E-state index in [1.807, 2.05) is 0 Å². The number of piperidine rings is 1. The lowest BCUT2D eigenvalue weighted by molar-refractivity contribution is -0.133. The van der Waals surface area contributed by atoms with Crippen LogP contribution in [0.15, 0.2) is 0 Å². The van der Waals surface area contributed by atoms with E-state index in [1.54, 1.807) is 0 Å². The van der Waals surface area contributed by atoms with E-state index < -0.39 is 0 Å². The summed E-state index contributed by atoms with van der Waals surface area (Å²) in [6, 6.07) is 0. The number of hydrogen-bond acceptors (Lipinski definition) is 1. The molecule has 0 bridgehead atoms. The van der Waals surface area contributed by atoms with Gasteiger partial charge in [-0.25, -0.2) is 0 Å². The van der Waals surface area contributed by atoms with Crippen LogP contribution in [0.3, 0.4) is 0 Å². The number of likely N-dealkylation sites (tertiary alicyclic amines) is 1. The topological polar surface area (TPSA) is 20.3 Å². The quantitative estimate of drug-likeness (QED) is 0.673. The van der Waals surface area contributed by atoms with Crippen LogP contribution in [0.25, 0.3) is 0 Å². The van der Waals surface area contributed by atoms with Crippen molar-refractivity contribution in [2.75, 3.05) is 13.1 Å². The Morgan fingerprint density at radius 1 is 1.00 bits per heavy atom.